The highest BCUT2D eigenvalue weighted by Gasteiger charge is 2.35. The van der Waals surface area contributed by atoms with Crippen LogP contribution >= 0.6 is 56.5 Å². The number of esters is 1. The number of aromatic nitrogens is 1. The zero-order valence-corrected chi connectivity index (χ0v) is 26.6. The predicted molar refractivity (Wildman–Crippen MR) is 171 cm³/mol. The van der Waals surface area contributed by atoms with Gasteiger partial charge < -0.3 is 9.47 Å². The Morgan fingerprint density at radius 1 is 1.07 bits per heavy atom. The van der Waals surface area contributed by atoms with Gasteiger partial charge in [0, 0.05) is 14.7 Å². The number of thiazole rings is 1. The molecule has 1 aromatic heterocycles. The summed E-state index contributed by atoms with van der Waals surface area (Å²) in [6, 6.07) is 18.2. The van der Waals surface area contributed by atoms with E-state index in [0.717, 1.165) is 12.7 Å². The molecule has 1 aliphatic heterocycles. The first-order valence-electron chi connectivity index (χ1n) is 12.5. The topological polar surface area (TPSA) is 69.9 Å². The van der Waals surface area contributed by atoms with E-state index >= 15 is 0 Å². The van der Waals surface area contributed by atoms with Crippen LogP contribution in [0.2, 0.25) is 0 Å². The maximum absolute atomic E-state index is 14.1. The van der Waals surface area contributed by atoms with Gasteiger partial charge in [-0.3, -0.25) is 9.36 Å². The minimum atomic E-state index is -0.865. The Bertz CT molecular complexity index is 1800. The van der Waals surface area contributed by atoms with Crippen molar-refractivity contribution in [2.45, 2.75) is 19.9 Å². The van der Waals surface area contributed by atoms with E-state index in [2.05, 4.69) is 45.2 Å². The van der Waals surface area contributed by atoms with E-state index < -0.39 is 17.8 Å². The molecule has 0 bridgehead atoms. The molecular formula is C30H23FI2N2O4S. The molecule has 4 aromatic rings. The van der Waals surface area contributed by atoms with Crippen molar-refractivity contribution in [1.29, 1.82) is 0 Å². The maximum atomic E-state index is 14.1. The Labute approximate surface area is 261 Å². The first-order valence-corrected chi connectivity index (χ1v) is 15.5. The Hall–Kier alpha value is -2.84. The molecule has 0 aliphatic carbocycles. The van der Waals surface area contributed by atoms with Crippen molar-refractivity contribution in [3.05, 3.63) is 122 Å². The van der Waals surface area contributed by atoms with Crippen LogP contribution in [0.4, 0.5) is 4.39 Å². The van der Waals surface area contributed by atoms with Gasteiger partial charge >= 0.3 is 5.97 Å². The summed E-state index contributed by atoms with van der Waals surface area (Å²) in [4.78, 5) is 32.8. The molecule has 0 fully saturated rings. The molecule has 0 saturated carbocycles. The van der Waals surface area contributed by atoms with Crippen LogP contribution in [0.25, 0.3) is 11.8 Å². The predicted octanol–water partition coefficient (Wildman–Crippen LogP) is 5.68. The number of benzene rings is 3. The lowest BCUT2D eigenvalue weighted by Crippen LogP contribution is -2.40. The van der Waals surface area contributed by atoms with Crippen molar-refractivity contribution in [3.8, 4) is 5.75 Å². The molecule has 1 aliphatic rings. The van der Waals surface area contributed by atoms with Gasteiger partial charge in [-0.05, 0) is 94.9 Å². The molecule has 0 spiro atoms. The molecular weight excluding hydrogens is 757 g/mol. The highest BCUT2D eigenvalue weighted by atomic mass is 127. The van der Waals surface area contributed by atoms with E-state index in [9.17, 15) is 14.0 Å². The summed E-state index contributed by atoms with van der Waals surface area (Å²) in [7, 11) is 0. The number of nitrogens with zero attached hydrogens (tertiary/aromatic N) is 2. The van der Waals surface area contributed by atoms with Gasteiger partial charge in [0.15, 0.2) is 4.80 Å². The van der Waals surface area contributed by atoms with Gasteiger partial charge in [-0.1, -0.05) is 53.8 Å². The lowest BCUT2D eigenvalue weighted by Gasteiger charge is -2.25. The van der Waals surface area contributed by atoms with E-state index in [0.29, 0.717) is 38.5 Å². The van der Waals surface area contributed by atoms with Crippen molar-refractivity contribution in [3.63, 3.8) is 0 Å². The Balaban J connectivity index is 1.83. The number of hydrogen-bond donors (Lipinski definition) is 0. The third kappa shape index (κ3) is 5.66. The quantitative estimate of drug-likeness (QED) is 0.179. The lowest BCUT2D eigenvalue weighted by atomic mass is 9.93. The van der Waals surface area contributed by atoms with Gasteiger partial charge in [0.25, 0.3) is 5.56 Å². The first-order chi connectivity index (χ1) is 19.3. The van der Waals surface area contributed by atoms with Gasteiger partial charge in [0.1, 0.15) is 11.6 Å². The van der Waals surface area contributed by atoms with Crippen LogP contribution in [0.3, 0.4) is 0 Å². The molecule has 0 saturated heterocycles. The standard InChI is InChI=1S/C30H23FI2N2O4S/c1-3-38-27-19(14-21(32)16-22(27)33)15-23-28(36)35-26(18-10-12-20(31)13-11-18)24(29(37)39-4-2)25(34-30(35)40-23)17-8-6-5-7-9-17/h5-16,26H,3-4H2,1-2H3/b23-15-/t26-/m1/s1. The molecule has 0 radical (unpaired) electrons. The highest BCUT2D eigenvalue weighted by molar-refractivity contribution is 14.1. The molecule has 6 nitrogen and oxygen atoms in total. The number of hydrogen-bond acceptors (Lipinski definition) is 6. The third-order valence-corrected chi connectivity index (χ3v) is 8.58. The van der Waals surface area contributed by atoms with Crippen molar-refractivity contribution in [2.24, 2.45) is 4.99 Å². The molecule has 0 unspecified atom stereocenters. The second-order valence-electron chi connectivity index (χ2n) is 8.72. The maximum Gasteiger partial charge on any atom is 0.338 e. The van der Waals surface area contributed by atoms with Crippen LogP contribution in [0.1, 0.15) is 36.6 Å². The van der Waals surface area contributed by atoms with Crippen LogP contribution in [-0.2, 0) is 9.53 Å². The number of carbonyl (C=O) groups excluding carboxylic acids is 1. The summed E-state index contributed by atoms with van der Waals surface area (Å²) in [6.07, 6.45) is 1.80. The SMILES string of the molecule is CCOC(=O)C1=C(c2ccccc2)N=c2s/c(=C\c3cc(I)cc(I)c3OCC)c(=O)n2[C@@H]1c1ccc(F)cc1. The Morgan fingerprint density at radius 3 is 2.48 bits per heavy atom. The van der Waals surface area contributed by atoms with E-state index in [1.54, 1.807) is 25.1 Å². The van der Waals surface area contributed by atoms with Crippen LogP contribution < -0.4 is 19.6 Å². The normalized spacial score (nSPS) is 15.0. The Morgan fingerprint density at radius 2 is 1.80 bits per heavy atom. The number of fused-ring (bicyclic) bond motifs is 1. The molecule has 5 rings (SSSR count). The minimum absolute atomic E-state index is 0.149. The summed E-state index contributed by atoms with van der Waals surface area (Å²) >= 11 is 5.69. The molecule has 40 heavy (non-hydrogen) atoms. The molecule has 3 aromatic carbocycles. The fourth-order valence-electron chi connectivity index (χ4n) is 4.53. The first kappa shape index (κ1) is 28.7. The van der Waals surface area contributed by atoms with Crippen LogP contribution in [-0.4, -0.2) is 23.8 Å². The van der Waals surface area contributed by atoms with Gasteiger partial charge in [-0.15, -0.1) is 0 Å². The minimum Gasteiger partial charge on any atom is -0.492 e. The number of carbonyl (C=O) groups is 1. The largest absolute Gasteiger partial charge is 0.492 e. The third-order valence-electron chi connectivity index (χ3n) is 6.17. The summed E-state index contributed by atoms with van der Waals surface area (Å²) in [6.45, 7) is 4.26. The molecule has 2 heterocycles. The van der Waals surface area contributed by atoms with Crippen molar-refractivity contribution in [2.75, 3.05) is 13.2 Å². The average molecular weight is 780 g/mol. The molecule has 1 atom stereocenters. The van der Waals surface area contributed by atoms with Crippen LogP contribution in [0.5, 0.6) is 5.75 Å². The highest BCUT2D eigenvalue weighted by Crippen LogP contribution is 2.35. The summed E-state index contributed by atoms with van der Waals surface area (Å²) in [5.41, 5.74) is 2.37. The second-order valence-corrected chi connectivity index (χ2v) is 12.1. The fourth-order valence-corrected chi connectivity index (χ4v) is 7.56. The number of halogens is 3. The van der Waals surface area contributed by atoms with Crippen LogP contribution in [0.15, 0.2) is 82.1 Å². The molecule has 0 amide bonds. The van der Waals surface area contributed by atoms with Crippen molar-refractivity contribution in [1.82, 2.24) is 4.57 Å². The van der Waals surface area contributed by atoms with E-state index in [1.807, 2.05) is 49.4 Å². The van der Waals surface area contributed by atoms with E-state index in [1.165, 1.54) is 28.0 Å². The smallest absolute Gasteiger partial charge is 0.338 e. The summed E-state index contributed by atoms with van der Waals surface area (Å²) < 4.78 is 29.2. The van der Waals surface area contributed by atoms with Gasteiger partial charge in [0.05, 0.1) is 38.6 Å². The zero-order valence-electron chi connectivity index (χ0n) is 21.5. The van der Waals surface area contributed by atoms with Gasteiger partial charge in [-0.25, -0.2) is 14.2 Å². The number of ether oxygens (including phenoxy) is 2. The fraction of sp³-hybridized carbons (Fsp3) is 0.167. The van der Waals surface area contributed by atoms with Crippen LogP contribution in [0, 0.1) is 13.0 Å². The van der Waals surface area contributed by atoms with E-state index in [4.69, 9.17) is 14.5 Å². The molecule has 0 N–H and O–H groups in total. The van der Waals surface area contributed by atoms with E-state index in [-0.39, 0.29) is 17.7 Å². The Kier molecular flexibility index (Phi) is 8.86. The average Bonchev–Trinajstić information content (AvgIpc) is 3.25. The number of rotatable bonds is 7. The van der Waals surface area contributed by atoms with Gasteiger partial charge in [0.2, 0.25) is 0 Å². The second kappa shape index (κ2) is 12.4. The summed E-state index contributed by atoms with van der Waals surface area (Å²) in [5.74, 6) is -0.307. The molecule has 204 valence electrons. The zero-order chi connectivity index (χ0) is 28.4. The molecule has 10 heteroatoms. The van der Waals surface area contributed by atoms with Crippen molar-refractivity contribution < 1.29 is 18.7 Å². The summed E-state index contributed by atoms with van der Waals surface area (Å²) in [5, 5.41) is 0. The van der Waals surface area contributed by atoms with Gasteiger partial charge in [-0.2, -0.15) is 0 Å². The van der Waals surface area contributed by atoms with Crippen molar-refractivity contribution >= 4 is 74.3 Å². The lowest BCUT2D eigenvalue weighted by molar-refractivity contribution is -0.138. The monoisotopic (exact) mass is 780 g/mol.